The highest BCUT2D eigenvalue weighted by atomic mass is 16.5. The zero-order valence-electron chi connectivity index (χ0n) is 18.9. The number of hydrogen-bond acceptors (Lipinski definition) is 4. The molecule has 174 valence electrons. The van der Waals surface area contributed by atoms with Crippen molar-refractivity contribution >= 4 is 12.1 Å². The number of carbonyl (C=O) groups is 2. The number of alkyl carbamates (subject to hydrolysis) is 1. The summed E-state index contributed by atoms with van der Waals surface area (Å²) in [6.07, 6.45) is 2.89. The molecule has 1 atom stereocenters. The van der Waals surface area contributed by atoms with E-state index < -0.39 is 18.1 Å². The number of aliphatic carboxylic acids is 1. The van der Waals surface area contributed by atoms with Crippen molar-refractivity contribution in [3.8, 4) is 22.3 Å². The largest absolute Gasteiger partial charge is 0.480 e. The number of nitrogens with zero attached hydrogens (tertiary/aromatic N) is 1. The molecular formula is C29H24N2O4. The lowest BCUT2D eigenvalue weighted by molar-refractivity contribution is -0.139. The molecule has 3 aromatic carbocycles. The Labute approximate surface area is 203 Å². The standard InChI is InChI=1S/C29H24N2O4/c32-28(33)27(16-19-11-13-20(14-12-19)21-6-5-15-30-17-21)31-29(34)35-18-26-24-9-3-1-7-22(24)23-8-2-4-10-25(23)26/h1-15,17,26-27H,16,18H2,(H,31,34)(H,32,33)/t27-/m1/s1. The number of fused-ring (bicyclic) bond motifs is 3. The first-order chi connectivity index (χ1) is 17.1. The summed E-state index contributed by atoms with van der Waals surface area (Å²) >= 11 is 0. The summed E-state index contributed by atoms with van der Waals surface area (Å²) in [5.74, 6) is -1.20. The van der Waals surface area contributed by atoms with Crippen LogP contribution in [0.5, 0.6) is 0 Å². The number of ether oxygens (including phenoxy) is 1. The van der Waals surface area contributed by atoms with Gasteiger partial charge in [0, 0.05) is 24.7 Å². The Balaban J connectivity index is 1.23. The van der Waals surface area contributed by atoms with Crippen molar-refractivity contribution in [1.29, 1.82) is 0 Å². The van der Waals surface area contributed by atoms with Crippen molar-refractivity contribution in [2.45, 2.75) is 18.4 Å². The van der Waals surface area contributed by atoms with Crippen molar-refractivity contribution in [2.24, 2.45) is 0 Å². The zero-order chi connectivity index (χ0) is 24.2. The van der Waals surface area contributed by atoms with Gasteiger partial charge in [0.1, 0.15) is 12.6 Å². The molecule has 1 aliphatic rings. The van der Waals surface area contributed by atoms with Crippen LogP contribution >= 0.6 is 0 Å². The number of nitrogens with one attached hydrogen (secondary N) is 1. The van der Waals surface area contributed by atoms with E-state index in [0.29, 0.717) is 0 Å². The molecule has 6 nitrogen and oxygen atoms in total. The monoisotopic (exact) mass is 464 g/mol. The van der Waals surface area contributed by atoms with E-state index in [2.05, 4.69) is 22.4 Å². The Hall–Kier alpha value is -4.45. The molecule has 35 heavy (non-hydrogen) atoms. The third kappa shape index (κ3) is 4.77. The van der Waals surface area contributed by atoms with Crippen LogP contribution in [0.4, 0.5) is 4.79 Å². The zero-order valence-corrected chi connectivity index (χ0v) is 18.9. The summed E-state index contributed by atoms with van der Waals surface area (Å²) in [4.78, 5) is 28.5. The van der Waals surface area contributed by atoms with Crippen LogP contribution in [0.2, 0.25) is 0 Å². The van der Waals surface area contributed by atoms with Gasteiger partial charge in [-0.15, -0.1) is 0 Å². The lowest BCUT2D eigenvalue weighted by Crippen LogP contribution is -2.42. The van der Waals surface area contributed by atoms with Crippen molar-refractivity contribution in [2.75, 3.05) is 6.61 Å². The van der Waals surface area contributed by atoms with E-state index in [0.717, 1.165) is 38.9 Å². The van der Waals surface area contributed by atoms with E-state index in [4.69, 9.17) is 4.74 Å². The second kappa shape index (κ2) is 9.81. The van der Waals surface area contributed by atoms with E-state index in [1.807, 2.05) is 72.8 Å². The summed E-state index contributed by atoms with van der Waals surface area (Å²) in [7, 11) is 0. The fourth-order valence-corrected chi connectivity index (χ4v) is 4.58. The number of carboxylic acid groups (broad SMARTS) is 1. The number of carbonyl (C=O) groups excluding carboxylic acids is 1. The van der Waals surface area contributed by atoms with Gasteiger partial charge in [-0.25, -0.2) is 9.59 Å². The molecule has 0 fully saturated rings. The van der Waals surface area contributed by atoms with E-state index in [1.54, 1.807) is 12.4 Å². The molecule has 4 aromatic rings. The second-order valence-electron chi connectivity index (χ2n) is 8.50. The highest BCUT2D eigenvalue weighted by Gasteiger charge is 2.29. The van der Waals surface area contributed by atoms with Gasteiger partial charge in [-0.2, -0.15) is 0 Å². The van der Waals surface area contributed by atoms with Crippen molar-refractivity contribution in [3.05, 3.63) is 114 Å². The average molecular weight is 465 g/mol. The molecular weight excluding hydrogens is 440 g/mol. The van der Waals surface area contributed by atoms with Crippen molar-refractivity contribution in [3.63, 3.8) is 0 Å². The normalized spacial score (nSPS) is 12.9. The third-order valence-electron chi connectivity index (χ3n) is 6.32. The van der Waals surface area contributed by atoms with Crippen LogP contribution in [0.25, 0.3) is 22.3 Å². The predicted molar refractivity (Wildman–Crippen MR) is 133 cm³/mol. The Morgan fingerprint density at radius 1 is 0.857 bits per heavy atom. The molecule has 6 heteroatoms. The average Bonchev–Trinajstić information content (AvgIpc) is 3.21. The molecule has 1 heterocycles. The Bertz CT molecular complexity index is 1310. The predicted octanol–water partition coefficient (Wildman–Crippen LogP) is 5.28. The van der Waals surface area contributed by atoms with Gasteiger partial charge in [0.25, 0.3) is 0 Å². The molecule has 5 rings (SSSR count). The fraction of sp³-hybridized carbons (Fsp3) is 0.138. The summed E-state index contributed by atoms with van der Waals surface area (Å²) in [6.45, 7) is 0.131. The van der Waals surface area contributed by atoms with Crippen LogP contribution in [-0.2, 0) is 16.0 Å². The highest BCUT2D eigenvalue weighted by Crippen LogP contribution is 2.44. The number of amides is 1. The number of aromatic nitrogens is 1. The van der Waals surface area contributed by atoms with Crippen molar-refractivity contribution < 1.29 is 19.4 Å². The molecule has 0 saturated carbocycles. The summed E-state index contributed by atoms with van der Waals surface area (Å²) in [6, 6.07) is 26.4. The van der Waals surface area contributed by atoms with E-state index >= 15 is 0 Å². The van der Waals surface area contributed by atoms with Crippen LogP contribution < -0.4 is 5.32 Å². The first kappa shape index (κ1) is 22.3. The van der Waals surface area contributed by atoms with Crippen LogP contribution in [0.15, 0.2) is 97.3 Å². The van der Waals surface area contributed by atoms with E-state index in [-0.39, 0.29) is 18.9 Å². The van der Waals surface area contributed by atoms with Gasteiger partial charge in [-0.3, -0.25) is 4.98 Å². The molecule has 1 aromatic heterocycles. The number of carboxylic acids is 1. The first-order valence-electron chi connectivity index (χ1n) is 11.4. The summed E-state index contributed by atoms with van der Waals surface area (Å²) in [5, 5.41) is 12.2. The van der Waals surface area contributed by atoms with Gasteiger partial charge in [-0.05, 0) is 45.0 Å². The maximum atomic E-state index is 12.6. The van der Waals surface area contributed by atoms with Crippen molar-refractivity contribution in [1.82, 2.24) is 10.3 Å². The smallest absolute Gasteiger partial charge is 0.407 e. The fourth-order valence-electron chi connectivity index (χ4n) is 4.58. The SMILES string of the molecule is O=C(N[C@H](Cc1ccc(-c2cccnc2)cc1)C(=O)O)OCC1c2ccccc2-c2ccccc21. The second-order valence-corrected chi connectivity index (χ2v) is 8.50. The molecule has 1 aliphatic carbocycles. The first-order valence-corrected chi connectivity index (χ1v) is 11.4. The maximum absolute atomic E-state index is 12.6. The van der Waals surface area contributed by atoms with Crippen LogP contribution in [0.3, 0.4) is 0 Å². The topological polar surface area (TPSA) is 88.5 Å². The quantitative estimate of drug-likeness (QED) is 0.388. The minimum atomic E-state index is -1.12. The van der Waals surface area contributed by atoms with Gasteiger partial charge in [0.2, 0.25) is 0 Å². The summed E-state index contributed by atoms with van der Waals surface area (Å²) < 4.78 is 5.51. The van der Waals surface area contributed by atoms with Gasteiger partial charge in [0.05, 0.1) is 0 Å². The Morgan fingerprint density at radius 3 is 2.11 bits per heavy atom. The molecule has 1 amide bonds. The molecule has 0 aliphatic heterocycles. The number of rotatable bonds is 7. The molecule has 2 N–H and O–H groups in total. The lowest BCUT2D eigenvalue weighted by Gasteiger charge is -2.17. The molecule has 0 bridgehead atoms. The van der Waals surface area contributed by atoms with Gasteiger partial charge < -0.3 is 15.2 Å². The third-order valence-corrected chi connectivity index (χ3v) is 6.32. The van der Waals surface area contributed by atoms with Crippen LogP contribution in [0.1, 0.15) is 22.6 Å². The van der Waals surface area contributed by atoms with E-state index in [9.17, 15) is 14.7 Å². The van der Waals surface area contributed by atoms with E-state index in [1.165, 1.54) is 0 Å². The minimum Gasteiger partial charge on any atom is -0.480 e. The van der Waals surface area contributed by atoms with Crippen LogP contribution in [-0.4, -0.2) is 34.8 Å². The summed E-state index contributed by atoms with van der Waals surface area (Å²) in [5.41, 5.74) is 7.23. The molecule has 0 spiro atoms. The molecule has 0 saturated heterocycles. The highest BCUT2D eigenvalue weighted by molar-refractivity contribution is 5.81. The number of hydrogen-bond donors (Lipinski definition) is 2. The number of benzene rings is 3. The van der Waals surface area contributed by atoms with Crippen LogP contribution in [0, 0.1) is 0 Å². The van der Waals surface area contributed by atoms with Gasteiger partial charge in [0.15, 0.2) is 0 Å². The van der Waals surface area contributed by atoms with Gasteiger partial charge in [-0.1, -0.05) is 78.9 Å². The molecule has 0 radical (unpaired) electrons. The lowest BCUT2D eigenvalue weighted by atomic mass is 9.98. The number of pyridine rings is 1. The Morgan fingerprint density at radius 2 is 1.51 bits per heavy atom. The molecule has 0 unspecified atom stereocenters. The Kier molecular flexibility index (Phi) is 6.26. The minimum absolute atomic E-state index is 0.0866. The van der Waals surface area contributed by atoms with Gasteiger partial charge >= 0.3 is 12.1 Å². The maximum Gasteiger partial charge on any atom is 0.407 e.